The van der Waals surface area contributed by atoms with E-state index < -0.39 is 41.4 Å². The van der Waals surface area contributed by atoms with Gasteiger partial charge in [0, 0.05) is 4.92 Å². The maximum Gasteiger partial charge on any atom is 0.329 e. The van der Waals surface area contributed by atoms with E-state index in [1.165, 1.54) is 0 Å². The molecule has 1 unspecified atom stereocenters. The average molecular weight is 368 g/mol. The first-order valence-corrected chi connectivity index (χ1v) is 10.9. The quantitative estimate of drug-likeness (QED) is 0.253. The van der Waals surface area contributed by atoms with Crippen molar-refractivity contribution in [3.05, 3.63) is 55.1 Å². The van der Waals surface area contributed by atoms with E-state index in [0.717, 1.165) is 6.08 Å². The minimum Gasteiger partial charge on any atom is -0.404 e. The highest BCUT2D eigenvalue weighted by Gasteiger charge is 2.65. The molecule has 2 aliphatic rings. The van der Waals surface area contributed by atoms with Gasteiger partial charge in [0.05, 0.1) is 16.2 Å². The van der Waals surface area contributed by atoms with Crippen molar-refractivity contribution in [1.29, 1.82) is 0 Å². The molecular formula is C13H16N4O7Si. The summed E-state index contributed by atoms with van der Waals surface area (Å²) in [6, 6.07) is 0. The summed E-state index contributed by atoms with van der Waals surface area (Å²) in [5, 5.41) is 39.0. The summed E-state index contributed by atoms with van der Waals surface area (Å²) >= 11 is 0. The molecule has 0 amide bonds. The molecule has 25 heavy (non-hydrogen) atoms. The lowest BCUT2D eigenvalue weighted by atomic mass is 9.69. The van der Waals surface area contributed by atoms with Crippen molar-refractivity contribution >= 4 is 14.0 Å². The zero-order valence-corrected chi connectivity index (χ0v) is 14.7. The highest BCUT2D eigenvalue weighted by molar-refractivity contribution is 6.69. The maximum atomic E-state index is 12.1. The minimum absolute atomic E-state index is 0.0134. The van der Waals surface area contributed by atoms with Crippen LogP contribution < -0.4 is 4.90 Å². The summed E-state index contributed by atoms with van der Waals surface area (Å²) < 4.78 is 10.4. The van der Waals surface area contributed by atoms with Gasteiger partial charge in [-0.15, -0.1) is 0 Å². The summed E-state index contributed by atoms with van der Waals surface area (Å²) in [6.07, 6.45) is 3.28. The Morgan fingerprint density at radius 1 is 1.40 bits per heavy atom. The van der Waals surface area contributed by atoms with Crippen molar-refractivity contribution in [2.24, 2.45) is 0 Å². The third-order valence-electron chi connectivity index (χ3n) is 4.28. The summed E-state index contributed by atoms with van der Waals surface area (Å²) in [4.78, 5) is 22.1. The zero-order valence-electron chi connectivity index (χ0n) is 13.7. The topological polar surface area (TPSA) is 148 Å². The van der Waals surface area contributed by atoms with E-state index >= 15 is 0 Å². The Bertz CT molecular complexity index is 812. The summed E-state index contributed by atoms with van der Waals surface area (Å²) in [7, 11) is -2.23. The van der Waals surface area contributed by atoms with E-state index in [1.54, 1.807) is 12.2 Å². The lowest BCUT2D eigenvalue weighted by Crippen LogP contribution is -2.59. The highest BCUT2D eigenvalue weighted by Crippen LogP contribution is 2.48. The Labute approximate surface area is 142 Å². The van der Waals surface area contributed by atoms with Gasteiger partial charge in [0.2, 0.25) is 5.69 Å². The second-order valence-corrected chi connectivity index (χ2v) is 11.4. The van der Waals surface area contributed by atoms with Crippen molar-refractivity contribution in [2.45, 2.75) is 43.6 Å². The molecule has 0 aromatic carbocycles. The van der Waals surface area contributed by atoms with Gasteiger partial charge in [-0.2, -0.15) is 0 Å². The number of hydrogen-bond donors (Lipinski definition) is 0. The molecule has 1 heterocycles. The maximum absolute atomic E-state index is 12.1. The second kappa shape index (κ2) is 5.45. The molecule has 0 aliphatic heterocycles. The number of nitrogens with zero attached hydrogens (tertiary/aromatic N) is 4. The smallest absolute Gasteiger partial charge is 0.329 e. The lowest BCUT2D eigenvalue weighted by molar-refractivity contribution is -0.810. The molecule has 134 valence electrons. The van der Waals surface area contributed by atoms with Crippen LogP contribution in [0.5, 0.6) is 0 Å². The first-order valence-electron chi connectivity index (χ1n) is 7.54. The Balaban J connectivity index is 2.28. The fraction of sp³-hybridized carbons (Fsp3) is 0.538. The number of aromatic nitrogens is 2. The van der Waals surface area contributed by atoms with Gasteiger partial charge in [-0.05, 0) is 31.0 Å². The van der Waals surface area contributed by atoms with Gasteiger partial charge in [0.25, 0.3) is 5.54 Å². The van der Waals surface area contributed by atoms with E-state index in [1.807, 2.05) is 19.6 Å². The molecule has 1 aromatic rings. The Hall–Kier alpha value is -2.60. The van der Waals surface area contributed by atoms with Crippen LogP contribution in [0.1, 0.15) is 23.7 Å². The van der Waals surface area contributed by atoms with Crippen LogP contribution in [0.3, 0.4) is 0 Å². The molecular weight excluding hydrogens is 352 g/mol. The fourth-order valence-electron chi connectivity index (χ4n) is 3.34. The van der Waals surface area contributed by atoms with E-state index in [0.29, 0.717) is 0 Å². The number of hydrogen-bond acceptors (Lipinski definition) is 8. The predicted molar refractivity (Wildman–Crippen MR) is 84.9 cm³/mol. The SMILES string of the molecule is C[Si](C)(C)OC1C=CC[C@@H]2c3c(no[n+]3[O-])C([N+](=O)[O-])=C[C@]12[N+](=O)[O-]. The van der Waals surface area contributed by atoms with Gasteiger partial charge < -0.3 is 9.63 Å². The van der Waals surface area contributed by atoms with E-state index in [-0.39, 0.29) is 22.7 Å². The van der Waals surface area contributed by atoms with Crippen molar-refractivity contribution in [2.75, 3.05) is 0 Å². The van der Waals surface area contributed by atoms with E-state index in [2.05, 4.69) is 9.79 Å². The second-order valence-electron chi connectivity index (χ2n) is 6.96. The molecule has 2 aliphatic carbocycles. The third-order valence-corrected chi connectivity index (χ3v) is 5.24. The predicted octanol–water partition coefficient (Wildman–Crippen LogP) is 1.22. The molecule has 11 nitrogen and oxygen atoms in total. The summed E-state index contributed by atoms with van der Waals surface area (Å²) in [6.45, 7) is 5.58. The third kappa shape index (κ3) is 2.53. The number of rotatable bonds is 4. The van der Waals surface area contributed by atoms with Crippen LogP contribution in [-0.2, 0) is 4.43 Å². The molecule has 0 N–H and O–H groups in total. The van der Waals surface area contributed by atoms with Crippen LogP contribution in [0.25, 0.3) is 5.70 Å². The standard InChI is InChI=1S/C13H16N4O7Si/c1-25(2,3)23-10-6-4-5-8-12-11(14-24-16(12)20)9(15(18)19)7-13(8,10)17(21)22/h4,6-8,10H,5H2,1-3H3/t8-,10?,13-/m1/s1. The van der Waals surface area contributed by atoms with Crippen LogP contribution >= 0.6 is 0 Å². The van der Waals surface area contributed by atoms with E-state index in [4.69, 9.17) is 4.43 Å². The molecule has 12 heteroatoms. The number of nitro groups is 2. The Morgan fingerprint density at radius 2 is 2.08 bits per heavy atom. The largest absolute Gasteiger partial charge is 0.404 e. The van der Waals surface area contributed by atoms with Crippen molar-refractivity contribution in [3.8, 4) is 0 Å². The summed E-state index contributed by atoms with van der Waals surface area (Å²) in [5.74, 6) is -0.976. The Morgan fingerprint density at radius 3 is 2.64 bits per heavy atom. The fourth-order valence-corrected chi connectivity index (χ4v) is 4.37. The zero-order chi connectivity index (χ0) is 18.6. The van der Waals surface area contributed by atoms with Gasteiger partial charge in [-0.3, -0.25) is 24.9 Å². The average Bonchev–Trinajstić information content (AvgIpc) is 2.87. The highest BCUT2D eigenvalue weighted by atomic mass is 28.4. The van der Waals surface area contributed by atoms with Gasteiger partial charge in [0.15, 0.2) is 8.32 Å². The van der Waals surface area contributed by atoms with Crippen LogP contribution in [0.4, 0.5) is 0 Å². The molecule has 0 spiro atoms. The first-order chi connectivity index (χ1) is 11.6. The van der Waals surface area contributed by atoms with Gasteiger partial charge in [0.1, 0.15) is 12.0 Å². The molecule has 0 saturated carbocycles. The summed E-state index contributed by atoms with van der Waals surface area (Å²) in [5.41, 5.74) is -3.08. The van der Waals surface area contributed by atoms with E-state index in [9.17, 15) is 25.4 Å². The monoisotopic (exact) mass is 368 g/mol. The molecule has 0 radical (unpaired) electrons. The Kier molecular flexibility index (Phi) is 3.76. The molecule has 1 aromatic heterocycles. The molecule has 0 fully saturated rings. The molecule has 0 bridgehead atoms. The van der Waals surface area contributed by atoms with Gasteiger partial charge >= 0.3 is 11.4 Å². The van der Waals surface area contributed by atoms with Crippen molar-refractivity contribution in [3.63, 3.8) is 0 Å². The van der Waals surface area contributed by atoms with Crippen LogP contribution in [0.2, 0.25) is 19.6 Å². The van der Waals surface area contributed by atoms with Crippen LogP contribution in [-0.4, -0.2) is 35.0 Å². The normalized spacial score (nSPS) is 28.0. The molecule has 0 saturated heterocycles. The number of fused-ring (bicyclic) bond motifs is 3. The number of allylic oxidation sites excluding steroid dienone is 1. The minimum atomic E-state index is -2.23. The van der Waals surface area contributed by atoms with Crippen LogP contribution in [0.15, 0.2) is 22.9 Å². The first kappa shape index (κ1) is 17.2. The molecule has 3 rings (SSSR count). The van der Waals surface area contributed by atoms with Crippen molar-refractivity contribution in [1.82, 2.24) is 5.16 Å². The van der Waals surface area contributed by atoms with Gasteiger partial charge in [-0.1, -0.05) is 12.2 Å². The van der Waals surface area contributed by atoms with Crippen LogP contribution in [0, 0.1) is 25.4 Å². The molecule has 3 atom stereocenters. The lowest BCUT2D eigenvalue weighted by Gasteiger charge is -2.39. The van der Waals surface area contributed by atoms with Gasteiger partial charge in [-0.25, -0.2) is 0 Å². The van der Waals surface area contributed by atoms with Crippen molar-refractivity contribution < 1.29 is 23.8 Å².